The second kappa shape index (κ2) is 5.06. The lowest BCUT2D eigenvalue weighted by molar-refractivity contribution is 0.282. The summed E-state index contributed by atoms with van der Waals surface area (Å²) in [4.78, 5) is 13.5. The lowest BCUT2D eigenvalue weighted by atomic mass is 10.1. The Balaban J connectivity index is 2.27. The van der Waals surface area contributed by atoms with E-state index in [9.17, 15) is 0 Å². The first kappa shape index (κ1) is 13.0. The molecule has 0 aliphatic carbocycles. The fraction of sp³-hybridized carbons (Fsp3) is 0.667. The van der Waals surface area contributed by atoms with Crippen LogP contribution in [0.1, 0.15) is 19.2 Å². The summed E-state index contributed by atoms with van der Waals surface area (Å²) in [5.41, 5.74) is 0. The van der Waals surface area contributed by atoms with Crippen LogP contribution in [0.25, 0.3) is 0 Å². The molecule has 17 heavy (non-hydrogen) atoms. The van der Waals surface area contributed by atoms with E-state index in [-0.39, 0.29) is 0 Å². The largest absolute Gasteiger partial charge is 0.351 e. The van der Waals surface area contributed by atoms with Crippen molar-refractivity contribution in [2.45, 2.75) is 32.4 Å². The molecular weight excluding hydrogens is 327 g/mol. The molecule has 4 nitrogen and oxygen atoms in total. The second-order valence-electron chi connectivity index (χ2n) is 4.84. The maximum Gasteiger partial charge on any atom is 0.146 e. The number of halogens is 1. The predicted molar refractivity (Wildman–Crippen MR) is 78.4 cm³/mol. The van der Waals surface area contributed by atoms with Crippen LogP contribution >= 0.6 is 22.6 Å². The molecule has 0 saturated carbocycles. The molecule has 1 aliphatic rings. The SMILES string of the molecule is Cc1ncc(I)c(N2CCC(N(C)C)C2C)n1. The van der Waals surface area contributed by atoms with Gasteiger partial charge in [0.05, 0.1) is 3.57 Å². The summed E-state index contributed by atoms with van der Waals surface area (Å²) < 4.78 is 1.14. The molecule has 0 radical (unpaired) electrons. The quantitative estimate of drug-likeness (QED) is 0.766. The number of aromatic nitrogens is 2. The van der Waals surface area contributed by atoms with Gasteiger partial charge in [0.25, 0.3) is 0 Å². The Morgan fingerprint density at radius 1 is 1.47 bits per heavy atom. The zero-order valence-electron chi connectivity index (χ0n) is 10.8. The Hall–Kier alpha value is -0.430. The average molecular weight is 346 g/mol. The van der Waals surface area contributed by atoms with Gasteiger partial charge in [0.1, 0.15) is 11.6 Å². The van der Waals surface area contributed by atoms with E-state index in [0.29, 0.717) is 12.1 Å². The monoisotopic (exact) mass is 346 g/mol. The second-order valence-corrected chi connectivity index (χ2v) is 6.00. The van der Waals surface area contributed by atoms with Crippen molar-refractivity contribution in [3.05, 3.63) is 15.6 Å². The number of hydrogen-bond donors (Lipinski definition) is 0. The first-order chi connectivity index (χ1) is 8.00. The normalized spacial score (nSPS) is 24.7. The lowest BCUT2D eigenvalue weighted by Gasteiger charge is -2.29. The lowest BCUT2D eigenvalue weighted by Crippen LogP contribution is -2.40. The van der Waals surface area contributed by atoms with E-state index in [2.05, 4.69) is 63.4 Å². The van der Waals surface area contributed by atoms with Crippen LogP contribution in [0.2, 0.25) is 0 Å². The molecule has 0 bridgehead atoms. The third-order valence-corrected chi connectivity index (χ3v) is 4.26. The third-order valence-electron chi connectivity index (χ3n) is 3.50. The molecule has 0 N–H and O–H groups in total. The molecule has 2 atom stereocenters. The van der Waals surface area contributed by atoms with Crippen LogP contribution in [-0.4, -0.2) is 47.6 Å². The van der Waals surface area contributed by atoms with E-state index in [4.69, 9.17) is 0 Å². The Morgan fingerprint density at radius 3 is 2.76 bits per heavy atom. The Morgan fingerprint density at radius 2 is 2.18 bits per heavy atom. The molecule has 1 fully saturated rings. The van der Waals surface area contributed by atoms with Gasteiger partial charge in [-0.1, -0.05) is 0 Å². The molecule has 1 aromatic heterocycles. The number of anilines is 1. The Labute approximate surface area is 117 Å². The van der Waals surface area contributed by atoms with Crippen LogP contribution in [0.3, 0.4) is 0 Å². The van der Waals surface area contributed by atoms with Gasteiger partial charge < -0.3 is 9.80 Å². The highest BCUT2D eigenvalue weighted by Crippen LogP contribution is 2.29. The summed E-state index contributed by atoms with van der Waals surface area (Å²) >= 11 is 2.32. The molecule has 2 heterocycles. The van der Waals surface area contributed by atoms with Crippen LogP contribution in [0.15, 0.2) is 6.20 Å². The van der Waals surface area contributed by atoms with Crippen molar-refractivity contribution in [1.29, 1.82) is 0 Å². The van der Waals surface area contributed by atoms with Crippen molar-refractivity contribution in [2.75, 3.05) is 25.5 Å². The van der Waals surface area contributed by atoms with Gasteiger partial charge in [-0.15, -0.1) is 0 Å². The number of aryl methyl sites for hydroxylation is 1. The summed E-state index contributed by atoms with van der Waals surface area (Å²) in [6.45, 7) is 5.31. The summed E-state index contributed by atoms with van der Waals surface area (Å²) in [6.07, 6.45) is 3.11. The van der Waals surface area contributed by atoms with Crippen molar-refractivity contribution in [3.8, 4) is 0 Å². The standard InChI is InChI=1S/C12H19IN4/c1-8-11(16(3)4)5-6-17(8)12-10(13)7-14-9(2)15-12/h7-8,11H,5-6H2,1-4H3. The smallest absolute Gasteiger partial charge is 0.146 e. The fourth-order valence-corrected chi connectivity index (χ4v) is 3.13. The average Bonchev–Trinajstić information content (AvgIpc) is 2.64. The van der Waals surface area contributed by atoms with Crippen molar-refractivity contribution in [1.82, 2.24) is 14.9 Å². The first-order valence-corrected chi connectivity index (χ1v) is 7.01. The fourth-order valence-electron chi connectivity index (χ4n) is 2.56. The van der Waals surface area contributed by atoms with Crippen LogP contribution in [-0.2, 0) is 0 Å². The highest BCUT2D eigenvalue weighted by molar-refractivity contribution is 14.1. The first-order valence-electron chi connectivity index (χ1n) is 5.93. The van der Waals surface area contributed by atoms with Gasteiger partial charge in [-0.25, -0.2) is 9.97 Å². The zero-order valence-corrected chi connectivity index (χ0v) is 13.0. The van der Waals surface area contributed by atoms with E-state index in [0.717, 1.165) is 21.8 Å². The summed E-state index contributed by atoms with van der Waals surface area (Å²) in [5, 5.41) is 0. The number of hydrogen-bond acceptors (Lipinski definition) is 4. The topological polar surface area (TPSA) is 32.3 Å². The van der Waals surface area contributed by atoms with Crippen molar-refractivity contribution < 1.29 is 0 Å². The van der Waals surface area contributed by atoms with E-state index in [1.54, 1.807) is 0 Å². The summed E-state index contributed by atoms with van der Waals surface area (Å²) in [6, 6.07) is 1.12. The number of nitrogens with zero attached hydrogens (tertiary/aromatic N) is 4. The maximum absolute atomic E-state index is 4.59. The highest BCUT2D eigenvalue weighted by atomic mass is 127. The number of rotatable bonds is 2. The molecule has 0 spiro atoms. The Bertz CT molecular complexity index is 407. The Kier molecular flexibility index (Phi) is 3.87. The van der Waals surface area contributed by atoms with Crippen LogP contribution < -0.4 is 4.90 Å². The van der Waals surface area contributed by atoms with Gasteiger partial charge >= 0.3 is 0 Å². The molecular formula is C12H19IN4. The third kappa shape index (κ3) is 2.54. The molecule has 1 saturated heterocycles. The van der Waals surface area contributed by atoms with Gasteiger partial charge in [-0.05, 0) is 57.0 Å². The molecule has 94 valence electrons. The van der Waals surface area contributed by atoms with Gasteiger partial charge in [-0.2, -0.15) is 0 Å². The number of likely N-dealkylation sites (N-methyl/N-ethyl adjacent to an activating group) is 1. The van der Waals surface area contributed by atoms with Gasteiger partial charge in [-0.3, -0.25) is 0 Å². The minimum absolute atomic E-state index is 0.507. The van der Waals surface area contributed by atoms with Crippen molar-refractivity contribution in [2.24, 2.45) is 0 Å². The van der Waals surface area contributed by atoms with Crippen LogP contribution in [0.4, 0.5) is 5.82 Å². The van der Waals surface area contributed by atoms with Gasteiger partial charge in [0, 0.05) is 24.8 Å². The minimum atomic E-state index is 0.507. The van der Waals surface area contributed by atoms with E-state index < -0.39 is 0 Å². The van der Waals surface area contributed by atoms with Crippen LogP contribution in [0.5, 0.6) is 0 Å². The molecule has 5 heteroatoms. The molecule has 0 amide bonds. The molecule has 0 aromatic carbocycles. The van der Waals surface area contributed by atoms with E-state index >= 15 is 0 Å². The summed E-state index contributed by atoms with van der Waals surface area (Å²) in [7, 11) is 4.31. The van der Waals surface area contributed by atoms with Gasteiger partial charge in [0.15, 0.2) is 0 Å². The highest BCUT2D eigenvalue weighted by Gasteiger charge is 2.33. The zero-order chi connectivity index (χ0) is 12.6. The van der Waals surface area contributed by atoms with Gasteiger partial charge in [0.2, 0.25) is 0 Å². The molecule has 1 aliphatic heterocycles. The van der Waals surface area contributed by atoms with Crippen LogP contribution in [0, 0.1) is 10.5 Å². The van der Waals surface area contributed by atoms with Crippen molar-refractivity contribution >= 4 is 28.4 Å². The minimum Gasteiger partial charge on any atom is -0.351 e. The molecule has 2 unspecified atom stereocenters. The molecule has 2 rings (SSSR count). The van der Waals surface area contributed by atoms with E-state index in [1.165, 1.54) is 6.42 Å². The maximum atomic E-state index is 4.59. The van der Waals surface area contributed by atoms with E-state index in [1.807, 2.05) is 13.1 Å². The van der Waals surface area contributed by atoms with Crippen molar-refractivity contribution in [3.63, 3.8) is 0 Å². The summed E-state index contributed by atoms with van der Waals surface area (Å²) in [5.74, 6) is 1.94. The predicted octanol–water partition coefficient (Wildman–Crippen LogP) is 1.92. The molecule has 1 aromatic rings.